The summed E-state index contributed by atoms with van der Waals surface area (Å²) in [5.74, 6) is -1.38. The number of halogens is 3. The van der Waals surface area contributed by atoms with E-state index in [0.29, 0.717) is 5.75 Å². The van der Waals surface area contributed by atoms with Crippen molar-refractivity contribution < 1.29 is 37.3 Å². The van der Waals surface area contributed by atoms with E-state index in [-0.39, 0.29) is 12.2 Å². The number of benzene rings is 1. The highest BCUT2D eigenvalue weighted by Gasteiger charge is 2.67. The Bertz CT molecular complexity index is 614. The van der Waals surface area contributed by atoms with Crippen molar-refractivity contribution in [3.05, 3.63) is 29.8 Å². The fourth-order valence-corrected chi connectivity index (χ4v) is 1.94. The van der Waals surface area contributed by atoms with E-state index in [1.165, 1.54) is 38.3 Å². The minimum absolute atomic E-state index is 0.153. The third-order valence-corrected chi connectivity index (χ3v) is 3.12. The Morgan fingerprint density at radius 2 is 2.00 bits per heavy atom. The first kappa shape index (κ1) is 17.1. The Kier molecular flexibility index (Phi) is 4.51. The molecule has 0 saturated heterocycles. The van der Waals surface area contributed by atoms with Crippen molar-refractivity contribution in [1.29, 1.82) is 0 Å². The van der Waals surface area contributed by atoms with Crippen LogP contribution in [0.25, 0.3) is 0 Å². The molecule has 0 fully saturated rings. The number of carbonyl (C=O) groups is 1. The third-order valence-electron chi connectivity index (χ3n) is 3.12. The molecule has 0 aromatic heterocycles. The molecule has 2 atom stereocenters. The molecule has 1 heterocycles. The number of hydrogen-bond acceptors (Lipinski definition) is 6. The summed E-state index contributed by atoms with van der Waals surface area (Å²) in [5, 5.41) is 9.85. The summed E-state index contributed by atoms with van der Waals surface area (Å²) in [6.07, 6.45) is -7.53. The number of methoxy groups -OCH3 is 1. The van der Waals surface area contributed by atoms with E-state index in [0.717, 1.165) is 0 Å². The molecule has 0 radical (unpaired) electrons. The molecule has 1 N–H and O–H groups in total. The zero-order valence-electron chi connectivity index (χ0n) is 12.3. The average molecular weight is 333 g/mol. The lowest BCUT2D eigenvalue weighted by Crippen LogP contribution is -2.54. The molecular formula is C14H14F3NO5. The Hall–Kier alpha value is -2.29. The molecule has 1 aromatic rings. The first-order valence-electron chi connectivity index (χ1n) is 6.59. The highest BCUT2D eigenvalue weighted by Crippen LogP contribution is 2.40. The zero-order valence-corrected chi connectivity index (χ0v) is 12.3. The Labute approximate surface area is 129 Å². The fourth-order valence-electron chi connectivity index (χ4n) is 1.94. The van der Waals surface area contributed by atoms with Crippen molar-refractivity contribution in [3.63, 3.8) is 0 Å². The van der Waals surface area contributed by atoms with Gasteiger partial charge in [-0.15, -0.1) is 0 Å². The second-order valence-corrected chi connectivity index (χ2v) is 4.62. The van der Waals surface area contributed by atoms with Crippen LogP contribution in [0.4, 0.5) is 13.2 Å². The van der Waals surface area contributed by atoms with Gasteiger partial charge in [-0.3, -0.25) is 0 Å². The van der Waals surface area contributed by atoms with Gasteiger partial charge in [0, 0.05) is 5.56 Å². The van der Waals surface area contributed by atoms with Crippen LogP contribution < -0.4 is 4.74 Å². The van der Waals surface area contributed by atoms with Gasteiger partial charge in [0.2, 0.25) is 5.90 Å². The molecule has 6 nitrogen and oxygen atoms in total. The number of rotatable bonds is 4. The smallest absolute Gasteiger partial charge is 0.443 e. The number of hydrogen-bond donors (Lipinski definition) is 1. The second kappa shape index (κ2) is 6.07. The van der Waals surface area contributed by atoms with Gasteiger partial charge in [0.15, 0.2) is 0 Å². The topological polar surface area (TPSA) is 77.4 Å². The number of carbonyl (C=O) groups excluding carboxylic acids is 1. The van der Waals surface area contributed by atoms with Gasteiger partial charge in [-0.1, -0.05) is 0 Å². The predicted molar refractivity (Wildman–Crippen MR) is 72.0 cm³/mol. The van der Waals surface area contributed by atoms with Gasteiger partial charge in [0.05, 0.1) is 13.7 Å². The van der Waals surface area contributed by atoms with Crippen molar-refractivity contribution >= 4 is 11.9 Å². The maximum Gasteiger partial charge on any atom is 0.443 e. The second-order valence-electron chi connectivity index (χ2n) is 4.62. The lowest BCUT2D eigenvalue weighted by atomic mass is 10.1. The maximum atomic E-state index is 13.1. The number of nitrogens with zero attached hydrogens (tertiary/aromatic N) is 1. The van der Waals surface area contributed by atoms with E-state index in [2.05, 4.69) is 9.73 Å². The standard InChI is InChI=1S/C14H14F3NO5/c1-3-22-12(19)10-13(20,14(15,16)17)18-11(23-10)8-4-6-9(21-2)7-5-8/h4-7,10,20H,3H2,1-2H3. The van der Waals surface area contributed by atoms with Gasteiger partial charge in [0.1, 0.15) is 5.75 Å². The van der Waals surface area contributed by atoms with Crippen molar-refractivity contribution in [2.45, 2.75) is 24.9 Å². The highest BCUT2D eigenvalue weighted by molar-refractivity contribution is 5.98. The Balaban J connectivity index is 2.38. The number of alkyl halides is 3. The minimum Gasteiger partial charge on any atom is -0.497 e. The Morgan fingerprint density at radius 3 is 2.48 bits per heavy atom. The monoisotopic (exact) mass is 333 g/mol. The van der Waals surface area contributed by atoms with E-state index >= 15 is 0 Å². The van der Waals surface area contributed by atoms with E-state index in [1.807, 2.05) is 0 Å². The lowest BCUT2D eigenvalue weighted by molar-refractivity contribution is -0.276. The highest BCUT2D eigenvalue weighted by atomic mass is 19.4. The maximum absolute atomic E-state index is 13.1. The molecule has 2 rings (SSSR count). The SMILES string of the molecule is CCOC(=O)C1OC(c2ccc(OC)cc2)=NC1(O)C(F)(F)F. The van der Waals surface area contributed by atoms with Gasteiger partial charge in [-0.05, 0) is 31.2 Å². The molecule has 23 heavy (non-hydrogen) atoms. The molecule has 0 spiro atoms. The van der Waals surface area contributed by atoms with Crippen LogP contribution in [0.5, 0.6) is 5.75 Å². The molecular weight excluding hydrogens is 319 g/mol. The van der Waals surface area contributed by atoms with E-state index in [1.54, 1.807) is 0 Å². The van der Waals surface area contributed by atoms with Crippen LogP contribution in [0.3, 0.4) is 0 Å². The van der Waals surface area contributed by atoms with Crippen LogP contribution in [0.2, 0.25) is 0 Å². The van der Waals surface area contributed by atoms with Crippen LogP contribution in [-0.2, 0) is 14.3 Å². The van der Waals surface area contributed by atoms with E-state index in [4.69, 9.17) is 9.47 Å². The van der Waals surface area contributed by atoms with E-state index < -0.39 is 29.9 Å². The third kappa shape index (κ3) is 3.09. The zero-order chi connectivity index (χ0) is 17.3. The summed E-state index contributed by atoms with van der Waals surface area (Å²) >= 11 is 0. The molecule has 1 aliphatic heterocycles. The van der Waals surface area contributed by atoms with Gasteiger partial charge in [-0.25, -0.2) is 9.79 Å². The van der Waals surface area contributed by atoms with Gasteiger partial charge >= 0.3 is 17.9 Å². The molecule has 1 aliphatic rings. The molecule has 1 aromatic carbocycles. The van der Waals surface area contributed by atoms with Crippen molar-refractivity contribution in [2.75, 3.05) is 13.7 Å². The number of ether oxygens (including phenoxy) is 3. The van der Waals surface area contributed by atoms with Crippen LogP contribution in [0.1, 0.15) is 12.5 Å². The summed E-state index contributed by atoms with van der Waals surface area (Å²) in [7, 11) is 1.43. The number of aliphatic hydroxyl groups is 1. The number of aliphatic imine (C=N–C) groups is 1. The van der Waals surface area contributed by atoms with Crippen LogP contribution in [0, 0.1) is 0 Å². The largest absolute Gasteiger partial charge is 0.497 e. The molecule has 0 aliphatic carbocycles. The van der Waals surface area contributed by atoms with Crippen molar-refractivity contribution in [1.82, 2.24) is 0 Å². The van der Waals surface area contributed by atoms with Crippen LogP contribution >= 0.6 is 0 Å². The molecule has 0 bridgehead atoms. The average Bonchev–Trinajstić information content (AvgIpc) is 2.87. The summed E-state index contributed by atoms with van der Waals surface area (Å²) in [6.45, 7) is 1.26. The molecule has 0 saturated carbocycles. The normalized spacial score (nSPS) is 23.9. The van der Waals surface area contributed by atoms with Crippen LogP contribution in [-0.4, -0.2) is 48.7 Å². The van der Waals surface area contributed by atoms with Gasteiger partial charge < -0.3 is 19.3 Å². The molecule has 2 unspecified atom stereocenters. The summed E-state index contributed by atoms with van der Waals surface area (Å²) < 4.78 is 53.8. The van der Waals surface area contributed by atoms with Crippen molar-refractivity contribution in [3.8, 4) is 5.75 Å². The number of esters is 1. The van der Waals surface area contributed by atoms with Gasteiger partial charge in [-0.2, -0.15) is 13.2 Å². The fraction of sp³-hybridized carbons (Fsp3) is 0.429. The van der Waals surface area contributed by atoms with Gasteiger partial charge in [0.25, 0.3) is 6.10 Å². The lowest BCUT2D eigenvalue weighted by Gasteiger charge is -2.26. The first-order valence-corrected chi connectivity index (χ1v) is 6.59. The van der Waals surface area contributed by atoms with Crippen molar-refractivity contribution in [2.24, 2.45) is 4.99 Å². The Morgan fingerprint density at radius 1 is 1.39 bits per heavy atom. The van der Waals surface area contributed by atoms with E-state index in [9.17, 15) is 23.1 Å². The summed E-state index contributed by atoms with van der Waals surface area (Å²) in [5.41, 5.74) is -3.55. The summed E-state index contributed by atoms with van der Waals surface area (Å²) in [6, 6.07) is 5.74. The molecule has 126 valence electrons. The first-order chi connectivity index (χ1) is 10.7. The van der Waals surface area contributed by atoms with Crippen LogP contribution in [0.15, 0.2) is 29.3 Å². The molecule has 0 amide bonds. The predicted octanol–water partition coefficient (Wildman–Crippen LogP) is 1.65. The summed E-state index contributed by atoms with van der Waals surface area (Å²) in [4.78, 5) is 14.9. The molecule has 9 heteroatoms. The minimum atomic E-state index is -5.21. The quantitative estimate of drug-likeness (QED) is 0.848.